The van der Waals surface area contributed by atoms with Gasteiger partial charge in [-0.25, -0.2) is 4.79 Å². The zero-order valence-electron chi connectivity index (χ0n) is 9.82. The Bertz CT molecular complexity index is 253. The molecule has 0 aromatic carbocycles. The topological polar surface area (TPSA) is 58.6 Å². The second kappa shape index (κ2) is 5.15. The van der Waals surface area contributed by atoms with Crippen molar-refractivity contribution in [2.75, 3.05) is 6.54 Å². The molecule has 0 radical (unpaired) electrons. The molecule has 92 valence electrons. The van der Waals surface area contributed by atoms with E-state index in [-0.39, 0.29) is 6.10 Å². The van der Waals surface area contributed by atoms with Crippen LogP contribution in [0.4, 0.5) is 0 Å². The summed E-state index contributed by atoms with van der Waals surface area (Å²) in [5.41, 5.74) is 0. The molecule has 0 amide bonds. The van der Waals surface area contributed by atoms with Gasteiger partial charge in [-0.15, -0.1) is 0 Å². The summed E-state index contributed by atoms with van der Waals surface area (Å²) in [6.07, 6.45) is 5.04. The second-order valence-electron chi connectivity index (χ2n) is 5.05. The average molecular weight is 227 g/mol. The Morgan fingerprint density at radius 3 is 2.69 bits per heavy atom. The van der Waals surface area contributed by atoms with E-state index in [1.54, 1.807) is 0 Å². The number of hydrogen-bond acceptors (Lipinski definition) is 3. The zero-order chi connectivity index (χ0) is 11.5. The fourth-order valence-electron chi connectivity index (χ4n) is 2.46. The van der Waals surface area contributed by atoms with Gasteiger partial charge >= 0.3 is 5.97 Å². The molecule has 0 spiro atoms. The first-order valence-corrected chi connectivity index (χ1v) is 6.28. The Hall–Kier alpha value is -0.610. The van der Waals surface area contributed by atoms with Gasteiger partial charge in [0.2, 0.25) is 0 Å². The largest absolute Gasteiger partial charge is 0.479 e. The van der Waals surface area contributed by atoms with Crippen LogP contribution in [-0.4, -0.2) is 35.9 Å². The predicted molar refractivity (Wildman–Crippen MR) is 60.3 cm³/mol. The van der Waals surface area contributed by atoms with E-state index in [2.05, 4.69) is 12.2 Å². The lowest BCUT2D eigenvalue weighted by molar-refractivity contribution is -0.149. The molecular formula is C12H21NO3. The summed E-state index contributed by atoms with van der Waals surface area (Å²) in [5.74, 6) is -0.00813. The van der Waals surface area contributed by atoms with Gasteiger partial charge in [-0.3, -0.25) is 0 Å². The van der Waals surface area contributed by atoms with E-state index in [4.69, 9.17) is 9.84 Å². The quantitative estimate of drug-likeness (QED) is 0.745. The number of aliphatic carboxylic acids is 1. The molecule has 1 aliphatic carbocycles. The van der Waals surface area contributed by atoms with Crippen molar-refractivity contribution in [3.63, 3.8) is 0 Å². The van der Waals surface area contributed by atoms with E-state index in [0.29, 0.717) is 12.5 Å². The van der Waals surface area contributed by atoms with Gasteiger partial charge < -0.3 is 15.2 Å². The third kappa shape index (κ3) is 2.74. The highest BCUT2D eigenvalue weighted by Gasteiger charge is 2.31. The number of hydrogen-bond donors (Lipinski definition) is 2. The normalized spacial score (nSPS) is 32.3. The van der Waals surface area contributed by atoms with Crippen molar-refractivity contribution in [1.82, 2.24) is 5.32 Å². The highest BCUT2D eigenvalue weighted by molar-refractivity contribution is 5.72. The third-order valence-electron chi connectivity index (χ3n) is 3.91. The molecule has 4 nitrogen and oxygen atoms in total. The third-order valence-corrected chi connectivity index (χ3v) is 3.91. The molecule has 2 fully saturated rings. The Morgan fingerprint density at radius 2 is 2.19 bits per heavy atom. The molecule has 1 aliphatic heterocycles. The van der Waals surface area contributed by atoms with Crippen LogP contribution in [0.2, 0.25) is 0 Å². The lowest BCUT2D eigenvalue weighted by Gasteiger charge is -2.32. The van der Waals surface area contributed by atoms with Crippen LogP contribution in [0.25, 0.3) is 0 Å². The number of nitrogens with one attached hydrogen (secondary N) is 1. The van der Waals surface area contributed by atoms with E-state index >= 15 is 0 Å². The van der Waals surface area contributed by atoms with Gasteiger partial charge in [-0.2, -0.15) is 0 Å². The highest BCUT2D eigenvalue weighted by Crippen LogP contribution is 2.29. The van der Waals surface area contributed by atoms with Gasteiger partial charge in [0.15, 0.2) is 6.10 Å². The Kier molecular flexibility index (Phi) is 3.82. The molecule has 1 saturated heterocycles. The molecule has 16 heavy (non-hydrogen) atoms. The molecule has 0 bridgehead atoms. The first-order chi connectivity index (χ1) is 7.66. The lowest BCUT2D eigenvalue weighted by Crippen LogP contribution is -2.41. The lowest BCUT2D eigenvalue weighted by atomic mass is 9.80. The van der Waals surface area contributed by atoms with Crippen LogP contribution in [-0.2, 0) is 9.53 Å². The van der Waals surface area contributed by atoms with Crippen LogP contribution < -0.4 is 5.32 Å². The fourth-order valence-corrected chi connectivity index (χ4v) is 2.46. The van der Waals surface area contributed by atoms with Crippen molar-refractivity contribution in [1.29, 1.82) is 0 Å². The molecule has 1 heterocycles. The van der Waals surface area contributed by atoms with E-state index < -0.39 is 12.1 Å². The highest BCUT2D eigenvalue weighted by atomic mass is 16.5. The molecule has 3 unspecified atom stereocenters. The minimum absolute atomic E-state index is 0.0867. The van der Waals surface area contributed by atoms with E-state index in [1.165, 1.54) is 19.3 Å². The Balaban J connectivity index is 1.65. The predicted octanol–water partition coefficient (Wildman–Crippen LogP) is 1.40. The molecule has 0 aromatic heterocycles. The maximum absolute atomic E-state index is 10.7. The minimum atomic E-state index is -0.824. The van der Waals surface area contributed by atoms with Crippen molar-refractivity contribution in [3.05, 3.63) is 0 Å². The van der Waals surface area contributed by atoms with Crippen LogP contribution in [0, 0.1) is 5.92 Å². The molecule has 2 N–H and O–H groups in total. The monoisotopic (exact) mass is 227 g/mol. The van der Waals surface area contributed by atoms with E-state index in [1.807, 2.05) is 0 Å². The maximum atomic E-state index is 10.7. The average Bonchev–Trinajstić information content (AvgIpc) is 2.60. The summed E-state index contributed by atoms with van der Waals surface area (Å²) in [6.45, 7) is 3.01. The van der Waals surface area contributed by atoms with Crippen LogP contribution in [0.5, 0.6) is 0 Å². The standard InChI is InChI=1S/C12H21NO3/c1-8(9-3-2-4-9)13-7-10-5-6-11(16-10)12(14)15/h8-11,13H,2-7H2,1H3,(H,14,15). The summed E-state index contributed by atoms with van der Waals surface area (Å²) in [5, 5.41) is 12.3. The van der Waals surface area contributed by atoms with Crippen molar-refractivity contribution in [2.24, 2.45) is 5.92 Å². The van der Waals surface area contributed by atoms with E-state index in [0.717, 1.165) is 18.9 Å². The minimum Gasteiger partial charge on any atom is -0.479 e. The SMILES string of the molecule is CC(NCC1CCC(C(=O)O)O1)C1CCC1. The molecule has 1 saturated carbocycles. The molecule has 3 atom stereocenters. The number of carbonyl (C=O) groups is 1. The maximum Gasteiger partial charge on any atom is 0.332 e. The van der Waals surface area contributed by atoms with Gasteiger partial charge in [0.25, 0.3) is 0 Å². The summed E-state index contributed by atoms with van der Waals surface area (Å²) in [7, 11) is 0. The fraction of sp³-hybridized carbons (Fsp3) is 0.917. The van der Waals surface area contributed by atoms with Gasteiger partial charge in [-0.05, 0) is 38.5 Å². The molecule has 2 rings (SSSR count). The second-order valence-corrected chi connectivity index (χ2v) is 5.05. The number of rotatable bonds is 5. The van der Waals surface area contributed by atoms with Crippen molar-refractivity contribution in [3.8, 4) is 0 Å². The van der Waals surface area contributed by atoms with Crippen LogP contribution >= 0.6 is 0 Å². The van der Waals surface area contributed by atoms with Gasteiger partial charge in [0, 0.05) is 12.6 Å². The molecule has 2 aliphatic rings. The number of ether oxygens (including phenoxy) is 1. The summed E-state index contributed by atoms with van der Waals surface area (Å²) in [4.78, 5) is 10.7. The summed E-state index contributed by atoms with van der Waals surface area (Å²) >= 11 is 0. The van der Waals surface area contributed by atoms with Crippen molar-refractivity contribution >= 4 is 5.97 Å². The van der Waals surface area contributed by atoms with Crippen LogP contribution in [0.3, 0.4) is 0 Å². The Morgan fingerprint density at radius 1 is 1.44 bits per heavy atom. The molecule has 0 aromatic rings. The molecule has 4 heteroatoms. The number of carboxylic acids is 1. The smallest absolute Gasteiger partial charge is 0.332 e. The van der Waals surface area contributed by atoms with Crippen molar-refractivity contribution in [2.45, 2.75) is 57.3 Å². The van der Waals surface area contributed by atoms with Gasteiger partial charge in [0.05, 0.1) is 6.10 Å². The summed E-state index contributed by atoms with van der Waals surface area (Å²) < 4.78 is 5.44. The zero-order valence-corrected chi connectivity index (χ0v) is 9.82. The van der Waals surface area contributed by atoms with Gasteiger partial charge in [0.1, 0.15) is 0 Å². The van der Waals surface area contributed by atoms with Crippen molar-refractivity contribution < 1.29 is 14.6 Å². The first-order valence-electron chi connectivity index (χ1n) is 6.28. The first kappa shape index (κ1) is 11.9. The number of carboxylic acid groups (broad SMARTS) is 1. The molecular weight excluding hydrogens is 206 g/mol. The van der Waals surface area contributed by atoms with E-state index in [9.17, 15) is 4.79 Å². The van der Waals surface area contributed by atoms with Crippen LogP contribution in [0.15, 0.2) is 0 Å². The van der Waals surface area contributed by atoms with Gasteiger partial charge in [-0.1, -0.05) is 6.42 Å². The van der Waals surface area contributed by atoms with Crippen LogP contribution in [0.1, 0.15) is 39.0 Å². The Labute approximate surface area is 96.4 Å². The summed E-state index contributed by atoms with van der Waals surface area (Å²) in [6, 6.07) is 0.543.